The number of para-hydroxylation sites is 1. The number of nitrogens with one attached hydrogen (secondary N) is 1. The lowest BCUT2D eigenvalue weighted by molar-refractivity contribution is 0.231. The van der Waals surface area contributed by atoms with Gasteiger partial charge in [0.2, 0.25) is 0 Å². The molecule has 1 aromatic carbocycles. The van der Waals surface area contributed by atoms with Crippen LogP contribution in [0.25, 0.3) is 0 Å². The number of nitrogens with two attached hydrogens (primary N) is 1. The highest BCUT2D eigenvalue weighted by atomic mass is 16.5. The van der Waals surface area contributed by atoms with Gasteiger partial charge in [-0.25, -0.2) is 0 Å². The van der Waals surface area contributed by atoms with Gasteiger partial charge in [-0.2, -0.15) is 0 Å². The van der Waals surface area contributed by atoms with Crippen molar-refractivity contribution >= 4 is 5.84 Å². The maximum atomic E-state index is 7.50. The molecule has 0 aliphatic carbocycles. The zero-order valence-corrected chi connectivity index (χ0v) is 11.7. The van der Waals surface area contributed by atoms with Crippen LogP contribution in [0.5, 0.6) is 5.75 Å². The van der Waals surface area contributed by atoms with Gasteiger partial charge in [-0.3, -0.25) is 5.41 Å². The van der Waals surface area contributed by atoms with Crippen molar-refractivity contribution in [3.63, 3.8) is 0 Å². The van der Waals surface area contributed by atoms with E-state index in [1.165, 1.54) is 5.56 Å². The van der Waals surface area contributed by atoms with Crippen LogP contribution in [0, 0.1) is 11.3 Å². The van der Waals surface area contributed by atoms with Crippen molar-refractivity contribution in [3.8, 4) is 5.75 Å². The first-order valence-corrected chi connectivity index (χ1v) is 6.89. The first-order valence-electron chi connectivity index (χ1n) is 6.89. The topological polar surface area (TPSA) is 62.3 Å². The summed E-state index contributed by atoms with van der Waals surface area (Å²) in [5.41, 5.74) is 6.86. The molecule has 0 amide bonds. The molecule has 1 aliphatic rings. The van der Waals surface area contributed by atoms with E-state index in [9.17, 15) is 0 Å². The number of ether oxygens (including phenoxy) is 1. The normalized spacial score (nSPS) is 19.0. The Morgan fingerprint density at radius 2 is 2.26 bits per heavy atom. The van der Waals surface area contributed by atoms with Gasteiger partial charge >= 0.3 is 0 Å². The van der Waals surface area contributed by atoms with Gasteiger partial charge in [-0.1, -0.05) is 32.0 Å². The Bertz CT molecular complexity index is 447. The first-order chi connectivity index (χ1) is 9.11. The number of amidine groups is 1. The fourth-order valence-electron chi connectivity index (χ4n) is 2.51. The zero-order valence-electron chi connectivity index (χ0n) is 11.7. The number of fused-ring (bicyclic) bond motifs is 1. The highest BCUT2D eigenvalue weighted by Gasteiger charge is 2.25. The lowest BCUT2D eigenvalue weighted by Crippen LogP contribution is -2.37. The van der Waals surface area contributed by atoms with E-state index < -0.39 is 0 Å². The van der Waals surface area contributed by atoms with Gasteiger partial charge in [0.15, 0.2) is 0 Å². The molecular formula is C15H23N3O. The first kappa shape index (κ1) is 13.9. The van der Waals surface area contributed by atoms with Crippen LogP contribution in [0.3, 0.4) is 0 Å². The molecule has 0 bridgehead atoms. The predicted molar refractivity (Wildman–Crippen MR) is 77.9 cm³/mol. The van der Waals surface area contributed by atoms with Crippen molar-refractivity contribution in [3.05, 3.63) is 29.8 Å². The van der Waals surface area contributed by atoms with Gasteiger partial charge < -0.3 is 15.4 Å². The quantitative estimate of drug-likeness (QED) is 0.608. The number of benzene rings is 1. The van der Waals surface area contributed by atoms with E-state index in [-0.39, 0.29) is 11.8 Å². The smallest absolute Gasteiger partial charge is 0.122 e. The maximum Gasteiger partial charge on any atom is 0.122 e. The average molecular weight is 261 g/mol. The average Bonchev–Trinajstić information content (AvgIpc) is 2.81. The van der Waals surface area contributed by atoms with E-state index in [4.69, 9.17) is 15.9 Å². The summed E-state index contributed by atoms with van der Waals surface area (Å²) in [6, 6.07) is 8.25. The van der Waals surface area contributed by atoms with Gasteiger partial charge in [-0.15, -0.1) is 0 Å². The molecule has 0 fully saturated rings. The Morgan fingerprint density at radius 3 is 2.95 bits per heavy atom. The van der Waals surface area contributed by atoms with Crippen LogP contribution < -0.4 is 10.5 Å². The fourth-order valence-corrected chi connectivity index (χ4v) is 2.51. The summed E-state index contributed by atoms with van der Waals surface area (Å²) in [4.78, 5) is 2.35. The summed E-state index contributed by atoms with van der Waals surface area (Å²) >= 11 is 0. The number of hydrogen-bond acceptors (Lipinski definition) is 3. The monoisotopic (exact) mass is 261 g/mol. The molecule has 4 nitrogen and oxygen atoms in total. The van der Waals surface area contributed by atoms with Crippen LogP contribution in [0.2, 0.25) is 0 Å². The minimum absolute atomic E-state index is 0.109. The van der Waals surface area contributed by atoms with Gasteiger partial charge in [0.05, 0.1) is 12.4 Å². The molecule has 2 atom stereocenters. The Labute approximate surface area is 115 Å². The Hall–Kier alpha value is -1.55. The summed E-state index contributed by atoms with van der Waals surface area (Å²) in [6.07, 6.45) is 0. The van der Waals surface area contributed by atoms with Gasteiger partial charge in [0.1, 0.15) is 5.75 Å². The highest BCUT2D eigenvalue weighted by Crippen LogP contribution is 2.33. The maximum absolute atomic E-state index is 7.50. The number of rotatable bonds is 6. The van der Waals surface area contributed by atoms with Crippen molar-refractivity contribution < 1.29 is 4.74 Å². The third-order valence-electron chi connectivity index (χ3n) is 3.79. The van der Waals surface area contributed by atoms with Crippen LogP contribution in [0.15, 0.2) is 24.3 Å². The third kappa shape index (κ3) is 3.26. The van der Waals surface area contributed by atoms with Crippen LogP contribution in [0.1, 0.15) is 25.3 Å². The van der Waals surface area contributed by atoms with E-state index >= 15 is 0 Å². The van der Waals surface area contributed by atoms with Crippen molar-refractivity contribution in [1.82, 2.24) is 4.90 Å². The van der Waals surface area contributed by atoms with Crippen LogP contribution in [0.4, 0.5) is 0 Å². The van der Waals surface area contributed by atoms with Gasteiger partial charge in [-0.05, 0) is 12.6 Å². The largest absolute Gasteiger partial charge is 0.493 e. The number of nitrogens with zero attached hydrogens (tertiary/aromatic N) is 1. The van der Waals surface area contributed by atoms with Gasteiger partial charge in [0.25, 0.3) is 0 Å². The van der Waals surface area contributed by atoms with E-state index in [2.05, 4.69) is 24.0 Å². The van der Waals surface area contributed by atoms with E-state index in [0.29, 0.717) is 5.92 Å². The molecule has 2 unspecified atom stereocenters. The Balaban J connectivity index is 1.98. The van der Waals surface area contributed by atoms with E-state index in [1.54, 1.807) is 0 Å². The third-order valence-corrected chi connectivity index (χ3v) is 3.79. The second kappa shape index (κ2) is 6.06. The van der Waals surface area contributed by atoms with Crippen LogP contribution >= 0.6 is 0 Å². The molecule has 3 N–H and O–H groups in total. The van der Waals surface area contributed by atoms with E-state index in [1.807, 2.05) is 19.1 Å². The zero-order chi connectivity index (χ0) is 13.8. The summed E-state index contributed by atoms with van der Waals surface area (Å²) in [6.45, 7) is 7.68. The highest BCUT2D eigenvalue weighted by molar-refractivity contribution is 5.79. The summed E-state index contributed by atoms with van der Waals surface area (Å²) < 4.78 is 5.72. The van der Waals surface area contributed by atoms with Crippen molar-refractivity contribution in [1.29, 1.82) is 5.41 Å². The van der Waals surface area contributed by atoms with Gasteiger partial charge in [0, 0.05) is 30.5 Å². The molecule has 19 heavy (non-hydrogen) atoms. The van der Waals surface area contributed by atoms with Crippen LogP contribution in [-0.4, -0.2) is 37.0 Å². The molecule has 4 heteroatoms. The molecule has 0 radical (unpaired) electrons. The lowest BCUT2D eigenvalue weighted by Gasteiger charge is -2.26. The Morgan fingerprint density at radius 1 is 1.53 bits per heavy atom. The molecule has 0 spiro atoms. The standard InChI is InChI=1S/C15H23N3O/c1-3-18(8-11(2)15(16)17)9-12-10-19-14-7-5-4-6-13(12)14/h4-7,11-12H,3,8-10H2,1-2H3,(H3,16,17). The molecule has 1 aliphatic heterocycles. The molecule has 0 aromatic heterocycles. The minimum atomic E-state index is 0.109. The second-order valence-electron chi connectivity index (χ2n) is 5.25. The van der Waals surface area contributed by atoms with Crippen LogP contribution in [-0.2, 0) is 0 Å². The fraction of sp³-hybridized carbons (Fsp3) is 0.533. The van der Waals surface area contributed by atoms with Crippen molar-refractivity contribution in [2.75, 3.05) is 26.2 Å². The predicted octanol–water partition coefficient (Wildman–Crippen LogP) is 2.06. The van der Waals surface area contributed by atoms with Crippen molar-refractivity contribution in [2.45, 2.75) is 19.8 Å². The summed E-state index contributed by atoms with van der Waals surface area (Å²) in [7, 11) is 0. The summed E-state index contributed by atoms with van der Waals surface area (Å²) in [5, 5.41) is 7.50. The SMILES string of the molecule is CCN(CC(C)C(=N)N)CC1COc2ccccc21. The second-order valence-corrected chi connectivity index (χ2v) is 5.25. The number of likely N-dealkylation sites (N-methyl/N-ethyl adjacent to an activating group) is 1. The van der Waals surface area contributed by atoms with Crippen molar-refractivity contribution in [2.24, 2.45) is 11.7 Å². The molecule has 104 valence electrons. The minimum Gasteiger partial charge on any atom is -0.493 e. The molecule has 2 rings (SSSR count). The molecular weight excluding hydrogens is 238 g/mol. The lowest BCUT2D eigenvalue weighted by atomic mass is 10.00. The number of hydrogen-bond donors (Lipinski definition) is 2. The molecule has 1 aromatic rings. The molecule has 1 heterocycles. The Kier molecular flexibility index (Phi) is 4.43. The molecule has 0 saturated heterocycles. The summed E-state index contributed by atoms with van der Waals surface area (Å²) in [5.74, 6) is 1.82. The molecule has 0 saturated carbocycles. The van der Waals surface area contributed by atoms with E-state index in [0.717, 1.165) is 32.0 Å².